The highest BCUT2D eigenvalue weighted by molar-refractivity contribution is 5.42. The van der Waals surface area contributed by atoms with E-state index in [1.165, 1.54) is 0 Å². The molecule has 1 aromatic rings. The maximum Gasteiger partial charge on any atom is 0.226 e. The van der Waals surface area contributed by atoms with Crippen molar-refractivity contribution in [2.45, 2.75) is 31.3 Å². The molecule has 1 saturated carbocycles. The van der Waals surface area contributed by atoms with E-state index >= 15 is 0 Å². The lowest BCUT2D eigenvalue weighted by Crippen LogP contribution is -2.39. The third kappa shape index (κ3) is 2.90. The van der Waals surface area contributed by atoms with Gasteiger partial charge < -0.3 is 14.9 Å². The van der Waals surface area contributed by atoms with Gasteiger partial charge in [-0.1, -0.05) is 12.8 Å². The van der Waals surface area contributed by atoms with Crippen LogP contribution in [0, 0.1) is 0 Å². The molecule has 0 unspecified atom stereocenters. The number of hydrogen-bond donors (Lipinski definition) is 1. The van der Waals surface area contributed by atoms with Crippen LogP contribution < -0.4 is 9.80 Å². The van der Waals surface area contributed by atoms with Crippen LogP contribution in [0.1, 0.15) is 25.7 Å². The fraction of sp³-hybridized carbons (Fsp3) is 0.692. The van der Waals surface area contributed by atoms with E-state index in [1.54, 1.807) is 6.20 Å². The summed E-state index contributed by atoms with van der Waals surface area (Å²) in [4.78, 5) is 12.6. The van der Waals surface area contributed by atoms with Crippen LogP contribution in [0.15, 0.2) is 12.3 Å². The lowest BCUT2D eigenvalue weighted by Gasteiger charge is -2.29. The van der Waals surface area contributed by atoms with Crippen LogP contribution in [0.3, 0.4) is 0 Å². The highest BCUT2D eigenvalue weighted by atomic mass is 16.3. The van der Waals surface area contributed by atoms with Crippen molar-refractivity contribution in [2.24, 2.45) is 0 Å². The van der Waals surface area contributed by atoms with Gasteiger partial charge in [0.2, 0.25) is 5.95 Å². The maximum absolute atomic E-state index is 10.4. The van der Waals surface area contributed by atoms with Crippen molar-refractivity contribution in [1.29, 1.82) is 0 Å². The van der Waals surface area contributed by atoms with E-state index in [4.69, 9.17) is 0 Å². The van der Waals surface area contributed by atoms with Gasteiger partial charge in [0.1, 0.15) is 5.82 Å². The van der Waals surface area contributed by atoms with Gasteiger partial charge in [0, 0.05) is 33.9 Å². The molecule has 5 heteroatoms. The summed E-state index contributed by atoms with van der Waals surface area (Å²) in [5, 5.41) is 10.4. The lowest BCUT2D eigenvalue weighted by molar-refractivity contribution is 0.0558. The van der Waals surface area contributed by atoms with Crippen molar-refractivity contribution in [3.8, 4) is 0 Å². The molecule has 2 rings (SSSR count). The van der Waals surface area contributed by atoms with Crippen molar-refractivity contribution in [3.05, 3.63) is 12.3 Å². The summed E-state index contributed by atoms with van der Waals surface area (Å²) in [6.45, 7) is 0.636. The minimum Gasteiger partial charge on any atom is -0.388 e. The van der Waals surface area contributed by atoms with Gasteiger partial charge in [-0.3, -0.25) is 0 Å². The molecule has 1 aliphatic carbocycles. The summed E-state index contributed by atoms with van der Waals surface area (Å²) in [6, 6.07) is 1.88. The maximum atomic E-state index is 10.4. The molecule has 1 aromatic heterocycles. The van der Waals surface area contributed by atoms with E-state index in [0.717, 1.165) is 31.5 Å². The highest BCUT2D eigenvalue weighted by Crippen LogP contribution is 2.30. The zero-order valence-electron chi connectivity index (χ0n) is 11.4. The van der Waals surface area contributed by atoms with Gasteiger partial charge in [0.15, 0.2) is 0 Å². The lowest BCUT2D eigenvalue weighted by atomic mass is 10.0. The molecule has 100 valence electrons. The average Bonchev–Trinajstić information content (AvgIpc) is 2.76. The van der Waals surface area contributed by atoms with E-state index in [9.17, 15) is 5.11 Å². The van der Waals surface area contributed by atoms with Crippen LogP contribution >= 0.6 is 0 Å². The summed E-state index contributed by atoms with van der Waals surface area (Å²) in [5.74, 6) is 1.55. The average molecular weight is 250 g/mol. The van der Waals surface area contributed by atoms with Crippen molar-refractivity contribution in [2.75, 3.05) is 37.5 Å². The number of likely N-dealkylation sites (N-methyl/N-ethyl adjacent to an activating group) is 1. The molecule has 0 bridgehead atoms. The number of anilines is 2. The van der Waals surface area contributed by atoms with E-state index in [-0.39, 0.29) is 0 Å². The van der Waals surface area contributed by atoms with Gasteiger partial charge in [-0.25, -0.2) is 4.98 Å². The Morgan fingerprint density at radius 3 is 2.56 bits per heavy atom. The first-order chi connectivity index (χ1) is 8.50. The summed E-state index contributed by atoms with van der Waals surface area (Å²) >= 11 is 0. The molecule has 0 atom stereocenters. The van der Waals surface area contributed by atoms with Gasteiger partial charge in [0.05, 0.1) is 5.60 Å². The summed E-state index contributed by atoms with van der Waals surface area (Å²) < 4.78 is 0. The zero-order chi connectivity index (χ0) is 13.2. The second-order valence-corrected chi connectivity index (χ2v) is 5.40. The largest absolute Gasteiger partial charge is 0.388 e. The number of aliphatic hydroxyl groups is 1. The zero-order valence-corrected chi connectivity index (χ0v) is 11.4. The number of rotatable bonds is 4. The molecule has 0 aromatic carbocycles. The van der Waals surface area contributed by atoms with Crippen molar-refractivity contribution < 1.29 is 5.11 Å². The third-order valence-electron chi connectivity index (χ3n) is 3.49. The van der Waals surface area contributed by atoms with E-state index < -0.39 is 5.60 Å². The van der Waals surface area contributed by atoms with Gasteiger partial charge in [0.25, 0.3) is 0 Å². The molecule has 1 N–H and O–H groups in total. The first-order valence-corrected chi connectivity index (χ1v) is 6.44. The number of nitrogens with zero attached hydrogens (tertiary/aromatic N) is 4. The Labute approximate surface area is 108 Å². The van der Waals surface area contributed by atoms with E-state index in [1.807, 2.05) is 37.0 Å². The van der Waals surface area contributed by atoms with E-state index in [2.05, 4.69) is 9.97 Å². The van der Waals surface area contributed by atoms with Crippen LogP contribution in [0.2, 0.25) is 0 Å². The molecule has 0 amide bonds. The van der Waals surface area contributed by atoms with Crippen molar-refractivity contribution >= 4 is 11.8 Å². The van der Waals surface area contributed by atoms with Crippen molar-refractivity contribution in [3.63, 3.8) is 0 Å². The standard InChI is InChI=1S/C13H22N4O/c1-16(2)12-14-9-6-11(15-12)17(3)10-13(18)7-4-5-8-13/h6,9,18H,4-5,7-8,10H2,1-3H3. The van der Waals surface area contributed by atoms with Gasteiger partial charge in [-0.2, -0.15) is 4.98 Å². The molecule has 1 heterocycles. The number of aromatic nitrogens is 2. The second-order valence-electron chi connectivity index (χ2n) is 5.40. The fourth-order valence-electron chi connectivity index (χ4n) is 2.48. The number of hydrogen-bond acceptors (Lipinski definition) is 5. The molecule has 0 radical (unpaired) electrons. The predicted octanol–water partition coefficient (Wildman–Crippen LogP) is 1.28. The smallest absolute Gasteiger partial charge is 0.226 e. The Bertz CT molecular complexity index is 402. The second kappa shape index (κ2) is 5.10. The van der Waals surface area contributed by atoms with Crippen LogP contribution in [0.25, 0.3) is 0 Å². The molecule has 0 aliphatic heterocycles. The molecule has 1 fully saturated rings. The fourth-order valence-corrected chi connectivity index (χ4v) is 2.48. The quantitative estimate of drug-likeness (QED) is 0.872. The molecule has 0 spiro atoms. The normalized spacial score (nSPS) is 17.8. The Kier molecular flexibility index (Phi) is 3.71. The molecule has 18 heavy (non-hydrogen) atoms. The van der Waals surface area contributed by atoms with Gasteiger partial charge in [-0.05, 0) is 18.9 Å². The summed E-state index contributed by atoms with van der Waals surface area (Å²) in [7, 11) is 5.81. The third-order valence-corrected chi connectivity index (χ3v) is 3.49. The monoisotopic (exact) mass is 250 g/mol. The minimum absolute atomic E-state index is 0.544. The van der Waals surface area contributed by atoms with Crippen LogP contribution in [0.5, 0.6) is 0 Å². The first kappa shape index (κ1) is 13.1. The van der Waals surface area contributed by atoms with Crippen LogP contribution in [-0.2, 0) is 0 Å². The Morgan fingerprint density at radius 1 is 1.28 bits per heavy atom. The van der Waals surface area contributed by atoms with Gasteiger partial charge in [-0.15, -0.1) is 0 Å². The van der Waals surface area contributed by atoms with Crippen LogP contribution in [0.4, 0.5) is 11.8 Å². The Balaban J connectivity index is 2.08. The van der Waals surface area contributed by atoms with Gasteiger partial charge >= 0.3 is 0 Å². The first-order valence-electron chi connectivity index (χ1n) is 6.44. The molecular formula is C13H22N4O. The highest BCUT2D eigenvalue weighted by Gasteiger charge is 2.32. The Morgan fingerprint density at radius 2 is 1.94 bits per heavy atom. The van der Waals surface area contributed by atoms with E-state index in [0.29, 0.717) is 12.5 Å². The molecule has 0 saturated heterocycles. The summed E-state index contributed by atoms with van der Waals surface area (Å²) in [5.41, 5.74) is -0.544. The topological polar surface area (TPSA) is 52.5 Å². The van der Waals surface area contributed by atoms with Crippen LogP contribution in [-0.4, -0.2) is 48.4 Å². The minimum atomic E-state index is -0.544. The summed E-state index contributed by atoms with van der Waals surface area (Å²) in [6.07, 6.45) is 5.78. The SMILES string of the molecule is CN(C)c1nccc(N(C)CC2(O)CCCC2)n1. The predicted molar refractivity (Wildman–Crippen MR) is 73.0 cm³/mol. The van der Waals surface area contributed by atoms with Crippen molar-refractivity contribution in [1.82, 2.24) is 9.97 Å². The molecular weight excluding hydrogens is 228 g/mol. The molecule has 1 aliphatic rings. The Hall–Kier alpha value is -1.36. The molecule has 5 nitrogen and oxygen atoms in total.